The lowest BCUT2D eigenvalue weighted by molar-refractivity contribution is 1.54. The Morgan fingerprint density at radius 2 is 0.741 bits per heavy atom. The summed E-state index contributed by atoms with van der Waals surface area (Å²) in [6, 6.07) is 77.6. The molecule has 0 atom stereocenters. The number of hydrogen-bond donors (Lipinski definition) is 1. The fourth-order valence-corrected chi connectivity index (χ4v) is 8.27. The second-order valence-electron chi connectivity index (χ2n) is 13.4. The highest BCUT2D eigenvalue weighted by Crippen LogP contribution is 2.42. The Balaban J connectivity index is 0.000000272. The second kappa shape index (κ2) is 15.1. The van der Waals surface area contributed by atoms with Crippen molar-refractivity contribution < 1.29 is 0 Å². The Morgan fingerprint density at radius 1 is 0.278 bits per heavy atom. The van der Waals surface area contributed by atoms with Crippen molar-refractivity contribution in [2.45, 2.75) is 0 Å². The molecule has 1 aromatic heterocycles. The molecule has 1 nitrogen and oxygen atoms in total. The van der Waals surface area contributed by atoms with Gasteiger partial charge in [0, 0.05) is 31.5 Å². The molecule has 0 saturated heterocycles. The minimum absolute atomic E-state index is 1.07. The normalized spacial score (nSPS) is 11.0. The largest absolute Gasteiger partial charge is 0.356 e. The molecule has 9 aromatic carbocycles. The third kappa shape index (κ3) is 7.04. The van der Waals surface area contributed by atoms with Crippen molar-refractivity contribution in [3.05, 3.63) is 218 Å². The Hall–Kier alpha value is -6.74. The maximum atomic E-state index is 3.59. The van der Waals surface area contributed by atoms with Crippen molar-refractivity contribution in [2.24, 2.45) is 0 Å². The van der Waals surface area contributed by atoms with E-state index in [0.29, 0.717) is 0 Å². The van der Waals surface area contributed by atoms with Crippen LogP contribution in [0.2, 0.25) is 0 Å². The van der Waals surface area contributed by atoms with Gasteiger partial charge in [-0.05, 0) is 104 Å². The molecule has 0 bridgehead atoms. The minimum atomic E-state index is 1.07. The second-order valence-corrected chi connectivity index (χ2v) is 14.5. The predicted octanol–water partition coefficient (Wildman–Crippen LogP) is 15.3. The van der Waals surface area contributed by atoms with Gasteiger partial charge in [-0.2, -0.15) is 0 Å². The number of fused-ring (bicyclic) bond motifs is 4. The summed E-state index contributed by atoms with van der Waals surface area (Å²) in [7, 11) is 0. The van der Waals surface area contributed by atoms with Gasteiger partial charge >= 0.3 is 0 Å². The van der Waals surface area contributed by atoms with Crippen LogP contribution in [0.3, 0.4) is 0 Å². The highest BCUT2D eigenvalue weighted by atomic mass is 32.1. The van der Waals surface area contributed by atoms with Crippen LogP contribution >= 0.6 is 11.3 Å². The molecular weight excluding hydrogens is 671 g/mol. The van der Waals surface area contributed by atoms with Gasteiger partial charge in [0.2, 0.25) is 0 Å². The van der Waals surface area contributed by atoms with Gasteiger partial charge in [0.25, 0.3) is 0 Å². The number of nitrogens with one attached hydrogen (secondary N) is 1. The molecule has 54 heavy (non-hydrogen) atoms. The summed E-state index contributed by atoms with van der Waals surface area (Å²) in [6.07, 6.45) is 0. The first-order valence-electron chi connectivity index (χ1n) is 18.3. The van der Waals surface area contributed by atoms with Crippen molar-refractivity contribution >= 4 is 53.7 Å². The lowest BCUT2D eigenvalue weighted by atomic mass is 9.93. The Labute approximate surface area is 320 Å². The van der Waals surface area contributed by atoms with E-state index in [1.165, 1.54) is 75.5 Å². The van der Waals surface area contributed by atoms with Crippen LogP contribution in [-0.2, 0) is 0 Å². The molecule has 0 saturated carbocycles. The zero-order valence-electron chi connectivity index (χ0n) is 29.7. The lowest BCUT2D eigenvalue weighted by Gasteiger charge is -2.13. The molecule has 0 radical (unpaired) electrons. The topological polar surface area (TPSA) is 12.0 Å². The van der Waals surface area contributed by atoms with Gasteiger partial charge in [-0.1, -0.05) is 170 Å². The molecule has 2 heteroatoms. The molecule has 1 heterocycles. The molecule has 0 unspecified atom stereocenters. The first-order chi connectivity index (χ1) is 26.7. The van der Waals surface area contributed by atoms with Crippen LogP contribution < -0.4 is 5.32 Å². The van der Waals surface area contributed by atoms with Crippen molar-refractivity contribution in [1.82, 2.24) is 0 Å². The summed E-state index contributed by atoms with van der Waals surface area (Å²) in [4.78, 5) is 0. The van der Waals surface area contributed by atoms with Crippen molar-refractivity contribution in [3.8, 4) is 44.5 Å². The molecule has 10 rings (SSSR count). The first kappa shape index (κ1) is 33.1. The number of anilines is 2. The summed E-state index contributed by atoms with van der Waals surface area (Å²) in [5, 5.41) is 8.77. The highest BCUT2D eigenvalue weighted by molar-refractivity contribution is 7.25. The van der Waals surface area contributed by atoms with E-state index < -0.39 is 0 Å². The van der Waals surface area contributed by atoms with Crippen LogP contribution in [0.25, 0.3) is 75.5 Å². The first-order valence-corrected chi connectivity index (χ1v) is 19.1. The summed E-state index contributed by atoms with van der Waals surface area (Å²) in [5.41, 5.74) is 12.1. The van der Waals surface area contributed by atoms with Gasteiger partial charge in [0.1, 0.15) is 0 Å². The zero-order chi connectivity index (χ0) is 36.1. The Kier molecular flexibility index (Phi) is 9.25. The van der Waals surface area contributed by atoms with Crippen LogP contribution in [0, 0.1) is 0 Å². The third-order valence-electron chi connectivity index (χ3n) is 9.93. The average Bonchev–Trinajstić information content (AvgIpc) is 3.62. The smallest absolute Gasteiger partial charge is 0.0384 e. The van der Waals surface area contributed by atoms with Crippen molar-refractivity contribution in [2.75, 3.05) is 5.32 Å². The van der Waals surface area contributed by atoms with Crippen LogP contribution in [0.1, 0.15) is 0 Å². The molecule has 0 amide bonds. The van der Waals surface area contributed by atoms with Gasteiger partial charge in [-0.25, -0.2) is 0 Å². The molecule has 0 aliphatic heterocycles. The van der Waals surface area contributed by atoms with Gasteiger partial charge in [0.15, 0.2) is 0 Å². The van der Waals surface area contributed by atoms with E-state index in [9.17, 15) is 0 Å². The zero-order valence-corrected chi connectivity index (χ0v) is 30.5. The number of thiophene rings is 1. The van der Waals surface area contributed by atoms with E-state index in [4.69, 9.17) is 0 Å². The number of rotatable bonds is 6. The van der Waals surface area contributed by atoms with E-state index in [0.717, 1.165) is 11.4 Å². The summed E-state index contributed by atoms with van der Waals surface area (Å²) in [5.74, 6) is 0. The van der Waals surface area contributed by atoms with Crippen molar-refractivity contribution in [3.63, 3.8) is 0 Å². The monoisotopic (exact) mass is 707 g/mol. The molecule has 10 aromatic rings. The minimum Gasteiger partial charge on any atom is -0.356 e. The molecule has 0 fully saturated rings. The SMILES string of the molecule is c1ccc(-c2cc3c(cc2-c2ccc(Nc4ccc(-c5ccc6ccccc6c5)cc4)cc2)sc2ccccc23)cc1.c1ccc(-c2ccccc2)cc1. The van der Waals surface area contributed by atoms with Crippen LogP contribution in [0.4, 0.5) is 11.4 Å². The maximum absolute atomic E-state index is 3.59. The van der Waals surface area contributed by atoms with Crippen LogP contribution in [0.5, 0.6) is 0 Å². The van der Waals surface area contributed by atoms with Crippen LogP contribution in [-0.4, -0.2) is 0 Å². The summed E-state index contributed by atoms with van der Waals surface area (Å²) < 4.78 is 2.65. The fraction of sp³-hybridized carbons (Fsp3) is 0. The lowest BCUT2D eigenvalue weighted by Crippen LogP contribution is -1.91. The van der Waals surface area contributed by atoms with Crippen molar-refractivity contribution in [1.29, 1.82) is 0 Å². The number of hydrogen-bond acceptors (Lipinski definition) is 2. The quantitative estimate of drug-likeness (QED) is 0.181. The summed E-state index contributed by atoms with van der Waals surface area (Å²) in [6.45, 7) is 0. The average molecular weight is 708 g/mol. The molecule has 0 aliphatic carbocycles. The van der Waals surface area contributed by atoms with Gasteiger partial charge in [-0.3, -0.25) is 0 Å². The molecule has 1 N–H and O–H groups in total. The molecular formula is C52H37NS. The Morgan fingerprint density at radius 3 is 1.39 bits per heavy atom. The molecule has 0 aliphatic rings. The van der Waals surface area contributed by atoms with E-state index in [1.54, 1.807) is 0 Å². The van der Waals surface area contributed by atoms with E-state index in [1.807, 2.05) is 23.5 Å². The summed E-state index contributed by atoms with van der Waals surface area (Å²) >= 11 is 1.87. The molecule has 256 valence electrons. The van der Waals surface area contributed by atoms with Crippen LogP contribution in [0.15, 0.2) is 218 Å². The maximum Gasteiger partial charge on any atom is 0.0384 e. The van der Waals surface area contributed by atoms with E-state index >= 15 is 0 Å². The molecule has 0 spiro atoms. The number of benzene rings is 9. The van der Waals surface area contributed by atoms with E-state index in [2.05, 4.69) is 212 Å². The third-order valence-corrected chi connectivity index (χ3v) is 11.1. The Bertz CT molecular complexity index is 2770. The van der Waals surface area contributed by atoms with Gasteiger partial charge in [-0.15, -0.1) is 11.3 Å². The fourth-order valence-electron chi connectivity index (χ4n) is 7.14. The standard InChI is InChI=1S/C40H27NS.C12H10/c1-2-9-29(10-3-1)36-25-38-35-12-6-7-13-39(35)42-40(38)26-37(36)30-18-22-34(23-19-30)41-33-20-16-28(17-21-33)32-15-14-27-8-4-5-11-31(27)24-32;1-3-7-11(8-4-1)12-9-5-2-6-10-12/h1-26,41H;1-10H. The predicted molar refractivity (Wildman–Crippen MR) is 235 cm³/mol. The van der Waals surface area contributed by atoms with E-state index in [-0.39, 0.29) is 0 Å². The van der Waals surface area contributed by atoms with Gasteiger partial charge < -0.3 is 5.32 Å². The highest BCUT2D eigenvalue weighted by Gasteiger charge is 2.13. The van der Waals surface area contributed by atoms with Gasteiger partial charge in [0.05, 0.1) is 0 Å².